The Balaban J connectivity index is 1.93. The quantitative estimate of drug-likeness (QED) is 0.625. The molecule has 2 aromatic rings. The molecule has 32 heavy (non-hydrogen) atoms. The van der Waals surface area contributed by atoms with Crippen LogP contribution in [0.4, 0.5) is 0 Å². The van der Waals surface area contributed by atoms with Gasteiger partial charge in [-0.05, 0) is 62.1 Å². The first-order valence-electron chi connectivity index (χ1n) is 11.2. The van der Waals surface area contributed by atoms with Gasteiger partial charge in [0.05, 0.1) is 27.4 Å². The fourth-order valence-corrected chi connectivity index (χ4v) is 3.79. The Morgan fingerprint density at radius 3 is 1.47 bits per heavy atom. The molecule has 0 amide bonds. The number of ketones is 2. The van der Waals surface area contributed by atoms with Crippen molar-refractivity contribution < 1.29 is 28.5 Å². The van der Waals surface area contributed by atoms with Gasteiger partial charge in [0.2, 0.25) is 0 Å². The van der Waals surface area contributed by atoms with E-state index in [9.17, 15) is 9.59 Å². The topological polar surface area (TPSA) is 71.1 Å². The molecule has 0 spiro atoms. The highest BCUT2D eigenvalue weighted by atomic mass is 16.5. The number of carbonyl (C=O) groups excluding carboxylic acids is 2. The Labute approximate surface area is 189 Å². The van der Waals surface area contributed by atoms with Gasteiger partial charge in [-0.3, -0.25) is 9.59 Å². The standard InChI is InChI=1S/C26H32O6/c1-17-18(2)26(28)20-10-12-22(30-4)24(16-20)32-14-8-6-5-7-13-31-23-15-19(25(17)27)9-11-21(23)29-3/h9-12,15-18H,5-8,13-14H2,1-4H3/t17-,18-/m1/s1. The Kier molecular flexibility index (Phi) is 8.14. The third-order valence-electron chi connectivity index (χ3n) is 6.03. The number of Topliss-reactive ketones (excluding diaryl/α,β-unsaturated/α-hetero) is 2. The molecule has 4 bridgehead atoms. The maximum absolute atomic E-state index is 13.2. The van der Waals surface area contributed by atoms with Crippen LogP contribution in [-0.2, 0) is 0 Å². The van der Waals surface area contributed by atoms with E-state index in [1.165, 1.54) is 0 Å². The fourth-order valence-electron chi connectivity index (χ4n) is 3.79. The molecule has 0 unspecified atom stereocenters. The van der Waals surface area contributed by atoms with Crippen molar-refractivity contribution in [2.75, 3.05) is 27.4 Å². The molecule has 0 saturated heterocycles. The molecule has 0 N–H and O–H groups in total. The van der Waals surface area contributed by atoms with Crippen LogP contribution >= 0.6 is 0 Å². The second-order valence-electron chi connectivity index (χ2n) is 8.15. The van der Waals surface area contributed by atoms with Crippen LogP contribution in [0.15, 0.2) is 36.4 Å². The number of hydrogen-bond acceptors (Lipinski definition) is 6. The second-order valence-corrected chi connectivity index (χ2v) is 8.15. The number of carbonyl (C=O) groups is 2. The molecule has 0 fully saturated rings. The molecule has 1 heterocycles. The van der Waals surface area contributed by atoms with Crippen LogP contribution < -0.4 is 18.9 Å². The Morgan fingerprint density at radius 2 is 1.09 bits per heavy atom. The molecule has 1 aliphatic rings. The van der Waals surface area contributed by atoms with Crippen LogP contribution in [0.1, 0.15) is 60.2 Å². The maximum Gasteiger partial charge on any atom is 0.166 e. The summed E-state index contributed by atoms with van der Waals surface area (Å²) < 4.78 is 22.6. The molecule has 0 aliphatic carbocycles. The molecular weight excluding hydrogens is 408 g/mol. The lowest BCUT2D eigenvalue weighted by Gasteiger charge is -2.20. The average molecular weight is 441 g/mol. The van der Waals surface area contributed by atoms with Crippen molar-refractivity contribution in [2.24, 2.45) is 11.8 Å². The molecule has 0 radical (unpaired) electrons. The monoisotopic (exact) mass is 440 g/mol. The average Bonchev–Trinajstić information content (AvgIpc) is 2.82. The molecule has 6 heteroatoms. The van der Waals surface area contributed by atoms with Gasteiger partial charge in [-0.25, -0.2) is 0 Å². The highest BCUT2D eigenvalue weighted by Crippen LogP contribution is 2.33. The van der Waals surface area contributed by atoms with Crippen LogP contribution in [0.3, 0.4) is 0 Å². The van der Waals surface area contributed by atoms with Gasteiger partial charge in [0.1, 0.15) is 0 Å². The number of fused-ring (bicyclic) bond motifs is 4. The number of hydrogen-bond donors (Lipinski definition) is 0. The summed E-state index contributed by atoms with van der Waals surface area (Å²) in [6.45, 7) is 4.65. The van der Waals surface area contributed by atoms with Crippen molar-refractivity contribution in [3.63, 3.8) is 0 Å². The van der Waals surface area contributed by atoms with E-state index in [2.05, 4.69) is 0 Å². The van der Waals surface area contributed by atoms with Crippen LogP contribution in [0.5, 0.6) is 23.0 Å². The van der Waals surface area contributed by atoms with Gasteiger partial charge in [0.25, 0.3) is 0 Å². The molecule has 0 saturated carbocycles. The first kappa shape index (κ1) is 23.6. The van der Waals surface area contributed by atoms with Crippen molar-refractivity contribution in [1.82, 2.24) is 0 Å². The summed E-state index contributed by atoms with van der Waals surface area (Å²) in [5.41, 5.74) is 1.01. The van der Waals surface area contributed by atoms with Crippen LogP contribution in [0.25, 0.3) is 0 Å². The van der Waals surface area contributed by atoms with Crippen LogP contribution in [-0.4, -0.2) is 39.0 Å². The van der Waals surface area contributed by atoms with E-state index in [0.717, 1.165) is 25.7 Å². The fraction of sp³-hybridized carbons (Fsp3) is 0.462. The number of ether oxygens (including phenoxy) is 4. The minimum atomic E-state index is -0.505. The number of methoxy groups -OCH3 is 2. The smallest absolute Gasteiger partial charge is 0.166 e. The van der Waals surface area contributed by atoms with Gasteiger partial charge in [0, 0.05) is 23.0 Å². The van der Waals surface area contributed by atoms with E-state index in [-0.39, 0.29) is 11.6 Å². The third kappa shape index (κ3) is 5.42. The Bertz CT molecular complexity index is 874. The second kappa shape index (κ2) is 11.0. The number of benzene rings is 2. The van der Waals surface area contributed by atoms with Crippen LogP contribution in [0, 0.1) is 11.8 Å². The molecule has 2 atom stereocenters. The number of rotatable bonds is 2. The van der Waals surface area contributed by atoms with E-state index in [1.54, 1.807) is 64.5 Å². The molecule has 3 rings (SSSR count). The SMILES string of the molecule is COc1ccc2cc1OCCCCCCOc1cc(ccc1OC)C(=O)[C@H](C)[C@@H](C)C2=O. The van der Waals surface area contributed by atoms with Crippen molar-refractivity contribution in [3.8, 4) is 23.0 Å². The summed E-state index contributed by atoms with van der Waals surface area (Å²) >= 11 is 0. The van der Waals surface area contributed by atoms with E-state index in [4.69, 9.17) is 18.9 Å². The molecule has 2 aromatic carbocycles. The first-order chi connectivity index (χ1) is 15.5. The zero-order chi connectivity index (χ0) is 23.1. The van der Waals surface area contributed by atoms with Gasteiger partial charge in [-0.15, -0.1) is 0 Å². The highest BCUT2D eigenvalue weighted by Gasteiger charge is 2.29. The normalized spacial score (nSPS) is 20.4. The van der Waals surface area contributed by atoms with Crippen molar-refractivity contribution in [3.05, 3.63) is 47.5 Å². The summed E-state index contributed by atoms with van der Waals surface area (Å²) in [6, 6.07) is 10.4. The summed E-state index contributed by atoms with van der Waals surface area (Å²) in [5.74, 6) is 1.05. The third-order valence-corrected chi connectivity index (χ3v) is 6.03. The zero-order valence-corrected chi connectivity index (χ0v) is 19.3. The minimum absolute atomic E-state index is 0.107. The molecule has 0 aromatic heterocycles. The zero-order valence-electron chi connectivity index (χ0n) is 19.3. The predicted molar refractivity (Wildman–Crippen MR) is 122 cm³/mol. The largest absolute Gasteiger partial charge is 0.493 e. The minimum Gasteiger partial charge on any atom is -0.493 e. The van der Waals surface area contributed by atoms with E-state index in [1.807, 2.05) is 0 Å². The van der Waals surface area contributed by atoms with Gasteiger partial charge in [0.15, 0.2) is 34.6 Å². The van der Waals surface area contributed by atoms with Gasteiger partial charge >= 0.3 is 0 Å². The molecule has 1 aliphatic heterocycles. The van der Waals surface area contributed by atoms with Gasteiger partial charge < -0.3 is 18.9 Å². The lowest BCUT2D eigenvalue weighted by Crippen LogP contribution is -2.26. The van der Waals surface area contributed by atoms with Crippen molar-refractivity contribution in [2.45, 2.75) is 39.5 Å². The predicted octanol–water partition coefficient (Wildman–Crippen LogP) is 5.37. The molecule has 172 valence electrons. The summed E-state index contributed by atoms with van der Waals surface area (Å²) in [6.07, 6.45) is 3.77. The molecule has 6 nitrogen and oxygen atoms in total. The Hall–Kier alpha value is -3.02. The summed E-state index contributed by atoms with van der Waals surface area (Å²) in [7, 11) is 3.16. The lowest BCUT2D eigenvalue weighted by atomic mass is 9.83. The summed E-state index contributed by atoms with van der Waals surface area (Å²) in [5, 5.41) is 0. The van der Waals surface area contributed by atoms with Gasteiger partial charge in [-0.1, -0.05) is 13.8 Å². The van der Waals surface area contributed by atoms with Gasteiger partial charge in [-0.2, -0.15) is 0 Å². The Morgan fingerprint density at radius 1 is 0.688 bits per heavy atom. The van der Waals surface area contributed by atoms with Crippen molar-refractivity contribution in [1.29, 1.82) is 0 Å². The first-order valence-corrected chi connectivity index (χ1v) is 11.2. The summed E-state index contributed by atoms with van der Waals surface area (Å²) in [4.78, 5) is 26.4. The lowest BCUT2D eigenvalue weighted by molar-refractivity contribution is 0.0793. The highest BCUT2D eigenvalue weighted by molar-refractivity contribution is 6.05. The van der Waals surface area contributed by atoms with E-state index >= 15 is 0 Å². The van der Waals surface area contributed by atoms with Crippen LogP contribution in [0.2, 0.25) is 0 Å². The van der Waals surface area contributed by atoms with Crippen molar-refractivity contribution >= 4 is 11.6 Å². The van der Waals surface area contributed by atoms with E-state index < -0.39 is 11.8 Å². The maximum atomic E-state index is 13.2. The molecular formula is C26H32O6. The van der Waals surface area contributed by atoms with E-state index in [0.29, 0.717) is 47.3 Å².